The minimum Gasteiger partial charge on any atom is -0.239 e. The number of aryl methyl sites for hydroxylation is 1. The summed E-state index contributed by atoms with van der Waals surface area (Å²) in [7, 11) is 0. The van der Waals surface area contributed by atoms with E-state index >= 15 is 0 Å². The number of rotatable bonds is 8. The first kappa shape index (κ1) is 23.0. The molecule has 1 aliphatic carbocycles. The second-order valence-corrected chi connectivity index (χ2v) is 9.24. The quantitative estimate of drug-likeness (QED) is 0.359. The van der Waals surface area contributed by atoms with Crippen LogP contribution in [-0.2, 0) is 19.4 Å². The Kier molecular flexibility index (Phi) is 7.28. The van der Waals surface area contributed by atoms with Crippen LogP contribution >= 0.6 is 0 Å². The minimum atomic E-state index is 0.582. The highest BCUT2D eigenvalue weighted by Gasteiger charge is 2.16. The third-order valence-electron chi connectivity index (χ3n) is 6.85. The Bertz CT molecular complexity index is 1290. The van der Waals surface area contributed by atoms with Gasteiger partial charge in [0.15, 0.2) is 11.6 Å². The Morgan fingerprint density at radius 1 is 1.00 bits per heavy atom. The second-order valence-electron chi connectivity index (χ2n) is 9.24. The van der Waals surface area contributed by atoms with E-state index in [2.05, 4.69) is 62.8 Å². The molecule has 1 aliphatic rings. The lowest BCUT2D eigenvalue weighted by atomic mass is 9.86. The normalized spacial score (nSPS) is 14.0. The average Bonchev–Trinajstić information content (AvgIpc) is 3.58. The number of H-pyrrole nitrogens is 1. The molecular formula is C28H31N7. The monoisotopic (exact) mass is 465 g/mol. The van der Waals surface area contributed by atoms with Crippen LogP contribution in [-0.4, -0.2) is 35.4 Å². The Hall–Kier alpha value is -3.79. The van der Waals surface area contributed by atoms with Gasteiger partial charge in [-0.05, 0) is 46.4 Å². The Morgan fingerprint density at radius 3 is 2.54 bits per heavy atom. The van der Waals surface area contributed by atoms with Crippen LogP contribution in [0.5, 0.6) is 0 Å². The standard InChI is InChI=1S/C28H31N7/c1-2-3-19-35-27(29-26(32-35)18-15-21-9-5-4-6-10-21)20-22-13-16-23(17-14-22)24-11-7-8-12-25(24)28-30-33-34-31-28/h7-8,11-14,16-17,21H,4-6,9-10,15,18-20H2,1H3,(H,30,31,33,34). The molecule has 5 rings (SSSR count). The van der Waals surface area contributed by atoms with Crippen molar-refractivity contribution in [1.82, 2.24) is 35.4 Å². The van der Waals surface area contributed by atoms with Gasteiger partial charge < -0.3 is 0 Å². The molecule has 0 amide bonds. The third kappa shape index (κ3) is 5.65. The molecule has 0 spiro atoms. The van der Waals surface area contributed by atoms with Gasteiger partial charge in [0.1, 0.15) is 12.4 Å². The summed E-state index contributed by atoms with van der Waals surface area (Å²) in [6, 6.07) is 16.8. The van der Waals surface area contributed by atoms with E-state index in [0.717, 1.165) is 47.1 Å². The second kappa shape index (κ2) is 11.1. The highest BCUT2D eigenvalue weighted by molar-refractivity contribution is 5.80. The highest BCUT2D eigenvalue weighted by Crippen LogP contribution is 2.30. The fourth-order valence-electron chi connectivity index (χ4n) is 4.95. The summed E-state index contributed by atoms with van der Waals surface area (Å²) >= 11 is 0. The summed E-state index contributed by atoms with van der Waals surface area (Å²) in [5.41, 5.74) is 4.38. The topological polar surface area (TPSA) is 85.2 Å². The molecule has 0 saturated heterocycles. The molecular weight excluding hydrogens is 434 g/mol. The molecule has 35 heavy (non-hydrogen) atoms. The number of nitrogens with zero attached hydrogens (tertiary/aromatic N) is 6. The van der Waals surface area contributed by atoms with Gasteiger partial charge in [-0.1, -0.05) is 86.6 Å². The molecule has 0 unspecified atom stereocenters. The number of aromatic nitrogens is 7. The molecule has 7 heteroatoms. The number of tetrazole rings is 1. The summed E-state index contributed by atoms with van der Waals surface area (Å²) in [6.07, 6.45) is 9.74. The zero-order valence-electron chi connectivity index (χ0n) is 20.2. The maximum atomic E-state index is 4.93. The molecule has 2 aromatic carbocycles. The first-order valence-electron chi connectivity index (χ1n) is 12.5. The van der Waals surface area contributed by atoms with Crippen LogP contribution < -0.4 is 0 Å². The van der Waals surface area contributed by atoms with Crippen molar-refractivity contribution in [3.8, 4) is 34.4 Å². The van der Waals surface area contributed by atoms with E-state index < -0.39 is 0 Å². The number of benzene rings is 2. The van der Waals surface area contributed by atoms with Crippen molar-refractivity contribution in [2.24, 2.45) is 5.92 Å². The first-order chi connectivity index (χ1) is 17.3. The van der Waals surface area contributed by atoms with Gasteiger partial charge in [-0.3, -0.25) is 0 Å². The van der Waals surface area contributed by atoms with Gasteiger partial charge in [0.2, 0.25) is 0 Å². The lowest BCUT2D eigenvalue weighted by Gasteiger charge is -2.20. The molecule has 0 radical (unpaired) electrons. The lowest BCUT2D eigenvalue weighted by molar-refractivity contribution is 0.337. The smallest absolute Gasteiger partial charge is 0.180 e. The Morgan fingerprint density at radius 2 is 1.80 bits per heavy atom. The largest absolute Gasteiger partial charge is 0.239 e. The lowest BCUT2D eigenvalue weighted by Crippen LogP contribution is -2.08. The predicted molar refractivity (Wildman–Crippen MR) is 136 cm³/mol. The zero-order valence-corrected chi connectivity index (χ0v) is 20.2. The van der Waals surface area contributed by atoms with Crippen molar-refractivity contribution >= 4 is 0 Å². The maximum absolute atomic E-state index is 4.93. The fourth-order valence-corrected chi connectivity index (χ4v) is 4.95. The molecule has 0 bridgehead atoms. The van der Waals surface area contributed by atoms with Crippen LogP contribution in [0, 0.1) is 17.8 Å². The summed E-state index contributed by atoms with van der Waals surface area (Å²) < 4.78 is 1.98. The fraction of sp³-hybridized carbons (Fsp3) is 0.393. The highest BCUT2D eigenvalue weighted by atomic mass is 15.5. The molecule has 7 nitrogen and oxygen atoms in total. The van der Waals surface area contributed by atoms with E-state index in [9.17, 15) is 0 Å². The molecule has 2 heterocycles. The molecule has 0 aliphatic heterocycles. The summed E-state index contributed by atoms with van der Waals surface area (Å²) in [4.78, 5) is 4.93. The van der Waals surface area contributed by atoms with Crippen molar-refractivity contribution in [3.05, 3.63) is 65.7 Å². The van der Waals surface area contributed by atoms with Crippen LogP contribution in [0.25, 0.3) is 22.5 Å². The molecule has 1 saturated carbocycles. The molecule has 178 valence electrons. The van der Waals surface area contributed by atoms with E-state index in [4.69, 9.17) is 10.1 Å². The first-order valence-corrected chi connectivity index (χ1v) is 12.5. The van der Waals surface area contributed by atoms with Crippen molar-refractivity contribution in [2.75, 3.05) is 0 Å². The van der Waals surface area contributed by atoms with Gasteiger partial charge in [0, 0.05) is 18.4 Å². The van der Waals surface area contributed by atoms with E-state index in [-0.39, 0.29) is 0 Å². The van der Waals surface area contributed by atoms with E-state index in [1.54, 1.807) is 0 Å². The molecule has 1 fully saturated rings. The van der Waals surface area contributed by atoms with Gasteiger partial charge in [-0.25, -0.2) is 14.8 Å². The minimum absolute atomic E-state index is 0.582. The van der Waals surface area contributed by atoms with Gasteiger partial charge in [-0.2, -0.15) is 5.10 Å². The summed E-state index contributed by atoms with van der Waals surface area (Å²) in [5, 5.41) is 19.2. The predicted octanol–water partition coefficient (Wildman–Crippen LogP) is 5.25. The summed E-state index contributed by atoms with van der Waals surface area (Å²) in [5.74, 6) is 9.56. The average molecular weight is 466 g/mol. The van der Waals surface area contributed by atoms with Gasteiger partial charge in [-0.15, -0.1) is 11.0 Å². The Balaban J connectivity index is 1.32. The SMILES string of the molecule is CC#CCn1nc(CCC2CCCCC2)nc1Cc1ccc(-c2ccccc2-c2nnn[nH]2)cc1. The number of hydrogen-bond acceptors (Lipinski definition) is 5. The molecule has 1 N–H and O–H groups in total. The van der Waals surface area contributed by atoms with Crippen LogP contribution in [0.2, 0.25) is 0 Å². The number of hydrogen-bond donors (Lipinski definition) is 1. The van der Waals surface area contributed by atoms with E-state index in [0.29, 0.717) is 12.4 Å². The van der Waals surface area contributed by atoms with Crippen molar-refractivity contribution in [2.45, 2.75) is 64.8 Å². The molecule has 0 atom stereocenters. The third-order valence-corrected chi connectivity index (χ3v) is 6.85. The van der Waals surface area contributed by atoms with Crippen LogP contribution in [0.1, 0.15) is 62.7 Å². The maximum Gasteiger partial charge on any atom is 0.180 e. The van der Waals surface area contributed by atoms with Crippen LogP contribution in [0.4, 0.5) is 0 Å². The summed E-state index contributed by atoms with van der Waals surface area (Å²) in [6.45, 7) is 2.45. The van der Waals surface area contributed by atoms with Gasteiger partial charge in [0.05, 0.1) is 0 Å². The van der Waals surface area contributed by atoms with E-state index in [1.165, 1.54) is 44.1 Å². The Labute approximate surface area is 206 Å². The van der Waals surface area contributed by atoms with Gasteiger partial charge >= 0.3 is 0 Å². The van der Waals surface area contributed by atoms with Crippen LogP contribution in [0.3, 0.4) is 0 Å². The number of aromatic amines is 1. The zero-order chi connectivity index (χ0) is 23.9. The van der Waals surface area contributed by atoms with Crippen molar-refractivity contribution in [3.63, 3.8) is 0 Å². The van der Waals surface area contributed by atoms with Crippen LogP contribution in [0.15, 0.2) is 48.5 Å². The van der Waals surface area contributed by atoms with Crippen molar-refractivity contribution in [1.29, 1.82) is 0 Å². The number of nitrogens with one attached hydrogen (secondary N) is 1. The van der Waals surface area contributed by atoms with Crippen molar-refractivity contribution < 1.29 is 0 Å². The van der Waals surface area contributed by atoms with Gasteiger partial charge in [0.25, 0.3) is 0 Å². The molecule has 4 aromatic rings. The molecule has 2 aromatic heterocycles. The van der Waals surface area contributed by atoms with E-state index in [1.807, 2.05) is 29.8 Å².